The van der Waals surface area contributed by atoms with Crippen molar-refractivity contribution in [1.29, 1.82) is 0 Å². The summed E-state index contributed by atoms with van der Waals surface area (Å²) >= 11 is 0. The molecule has 0 bridgehead atoms. The predicted octanol–water partition coefficient (Wildman–Crippen LogP) is 3.00. The van der Waals surface area contributed by atoms with Crippen LogP contribution in [0.3, 0.4) is 0 Å². The van der Waals surface area contributed by atoms with Crippen molar-refractivity contribution in [3.8, 4) is 23.7 Å². The van der Waals surface area contributed by atoms with E-state index in [0.717, 1.165) is 0 Å². The third-order valence-electron chi connectivity index (χ3n) is 3.53. The van der Waals surface area contributed by atoms with Gasteiger partial charge in [-0.05, 0) is 76.2 Å². The fourth-order valence-corrected chi connectivity index (χ4v) is 2.12. The van der Waals surface area contributed by atoms with Gasteiger partial charge in [-0.1, -0.05) is 23.7 Å². The minimum absolute atomic E-state index is 0.268. The molecule has 0 fully saturated rings. The quantitative estimate of drug-likeness (QED) is 0.492. The zero-order valence-electron chi connectivity index (χ0n) is 16.3. The molecule has 28 heavy (non-hydrogen) atoms. The predicted molar refractivity (Wildman–Crippen MR) is 108 cm³/mol. The molecule has 0 saturated carbocycles. The van der Waals surface area contributed by atoms with Crippen LogP contribution in [0.5, 0.6) is 0 Å². The van der Waals surface area contributed by atoms with Crippen molar-refractivity contribution in [2.75, 3.05) is 0 Å². The first kappa shape index (κ1) is 21.1. The van der Waals surface area contributed by atoms with Crippen LogP contribution in [0.2, 0.25) is 0 Å². The normalized spacial score (nSPS) is 10.9. The highest BCUT2D eigenvalue weighted by atomic mass is 16.3. The standard InChI is InChI=1S/C24H22O4/c1-23(2,27)15-13-17-5-9-19(10-6-17)21(25)22(26)20-11-7-18(8-12-20)14-16-24(3,4)28/h5-12,27-28H,1-4H3. The maximum absolute atomic E-state index is 12.4. The van der Waals surface area contributed by atoms with Crippen LogP contribution in [-0.2, 0) is 0 Å². The molecule has 4 heteroatoms. The summed E-state index contributed by atoms with van der Waals surface area (Å²) in [5.74, 6) is 9.77. The molecule has 0 spiro atoms. The van der Waals surface area contributed by atoms with Gasteiger partial charge in [0.1, 0.15) is 11.2 Å². The SMILES string of the molecule is CC(C)(O)C#Cc1ccc(C(=O)C(=O)c2ccc(C#CC(C)(C)O)cc2)cc1. The van der Waals surface area contributed by atoms with Gasteiger partial charge in [-0.3, -0.25) is 9.59 Å². The summed E-state index contributed by atoms with van der Waals surface area (Å²) in [7, 11) is 0. The lowest BCUT2D eigenvalue weighted by molar-refractivity contribution is 0.0817. The summed E-state index contributed by atoms with van der Waals surface area (Å²) in [5, 5.41) is 19.2. The fourth-order valence-electron chi connectivity index (χ4n) is 2.12. The average Bonchev–Trinajstić information content (AvgIpc) is 2.63. The van der Waals surface area contributed by atoms with Crippen LogP contribution in [0.1, 0.15) is 59.5 Å². The van der Waals surface area contributed by atoms with Crippen LogP contribution >= 0.6 is 0 Å². The number of rotatable bonds is 3. The molecule has 0 radical (unpaired) electrons. The topological polar surface area (TPSA) is 74.6 Å². The van der Waals surface area contributed by atoms with Crippen molar-refractivity contribution < 1.29 is 19.8 Å². The van der Waals surface area contributed by atoms with Gasteiger partial charge < -0.3 is 10.2 Å². The summed E-state index contributed by atoms with van der Waals surface area (Å²) in [4.78, 5) is 24.9. The van der Waals surface area contributed by atoms with E-state index in [9.17, 15) is 19.8 Å². The minimum atomic E-state index is -1.10. The summed E-state index contributed by atoms with van der Waals surface area (Å²) in [5.41, 5.74) is -0.391. The Morgan fingerprint density at radius 1 is 0.643 bits per heavy atom. The van der Waals surface area contributed by atoms with Crippen LogP contribution in [0.15, 0.2) is 48.5 Å². The Morgan fingerprint density at radius 3 is 1.18 bits per heavy atom. The second-order valence-electron chi connectivity index (χ2n) is 7.43. The first-order valence-corrected chi connectivity index (χ1v) is 8.75. The number of hydrogen-bond acceptors (Lipinski definition) is 4. The molecule has 0 amide bonds. The Bertz CT molecular complexity index is 906. The number of ketones is 2. The number of carbonyl (C=O) groups excluding carboxylic acids is 2. The average molecular weight is 374 g/mol. The second-order valence-corrected chi connectivity index (χ2v) is 7.43. The Balaban J connectivity index is 2.14. The van der Waals surface area contributed by atoms with Crippen LogP contribution < -0.4 is 0 Å². The number of Topliss-reactive ketones (excluding diaryl/α,β-unsaturated/α-hetero) is 2. The van der Waals surface area contributed by atoms with Crippen molar-refractivity contribution in [1.82, 2.24) is 0 Å². The van der Waals surface area contributed by atoms with Gasteiger partial charge in [-0.2, -0.15) is 0 Å². The highest BCUT2D eigenvalue weighted by Crippen LogP contribution is 2.11. The Kier molecular flexibility index (Phi) is 6.21. The van der Waals surface area contributed by atoms with Crippen LogP contribution in [0.4, 0.5) is 0 Å². The lowest BCUT2D eigenvalue weighted by atomic mass is 9.99. The first-order valence-electron chi connectivity index (χ1n) is 8.75. The van der Waals surface area contributed by atoms with Gasteiger partial charge >= 0.3 is 0 Å². The molecular weight excluding hydrogens is 352 g/mol. The zero-order chi connectivity index (χ0) is 20.9. The molecule has 0 aromatic heterocycles. The van der Waals surface area contributed by atoms with E-state index in [1.165, 1.54) is 24.3 Å². The monoisotopic (exact) mass is 374 g/mol. The molecule has 0 unspecified atom stereocenters. The third-order valence-corrected chi connectivity index (χ3v) is 3.53. The molecule has 0 aliphatic carbocycles. The van der Waals surface area contributed by atoms with Gasteiger partial charge in [-0.15, -0.1) is 0 Å². The molecule has 4 nitrogen and oxygen atoms in total. The summed E-state index contributed by atoms with van der Waals surface area (Å²) in [6.45, 7) is 6.33. The summed E-state index contributed by atoms with van der Waals surface area (Å²) < 4.78 is 0. The number of benzene rings is 2. The van der Waals surface area contributed by atoms with E-state index in [0.29, 0.717) is 11.1 Å². The van der Waals surface area contributed by atoms with Gasteiger partial charge in [0.25, 0.3) is 0 Å². The molecule has 0 heterocycles. The van der Waals surface area contributed by atoms with Gasteiger partial charge in [-0.25, -0.2) is 0 Å². The van der Waals surface area contributed by atoms with E-state index in [-0.39, 0.29) is 11.1 Å². The Labute approximate surface area is 165 Å². The maximum Gasteiger partial charge on any atom is 0.233 e. The van der Waals surface area contributed by atoms with Crippen molar-refractivity contribution in [2.45, 2.75) is 38.9 Å². The van der Waals surface area contributed by atoms with Crippen LogP contribution in [0.25, 0.3) is 0 Å². The molecule has 2 aromatic carbocycles. The molecule has 142 valence electrons. The zero-order valence-corrected chi connectivity index (χ0v) is 16.3. The van der Waals surface area contributed by atoms with Crippen molar-refractivity contribution in [2.24, 2.45) is 0 Å². The molecule has 0 aliphatic rings. The fraction of sp³-hybridized carbons (Fsp3) is 0.250. The molecule has 0 aliphatic heterocycles. The van der Waals surface area contributed by atoms with Gasteiger partial charge in [0.05, 0.1) is 0 Å². The highest BCUT2D eigenvalue weighted by Gasteiger charge is 2.18. The number of aliphatic hydroxyl groups is 2. The molecule has 0 saturated heterocycles. The largest absolute Gasteiger partial charge is 0.378 e. The van der Waals surface area contributed by atoms with E-state index in [1.807, 2.05) is 0 Å². The van der Waals surface area contributed by atoms with Gasteiger partial charge in [0.15, 0.2) is 0 Å². The second kappa shape index (κ2) is 8.23. The van der Waals surface area contributed by atoms with E-state index in [4.69, 9.17) is 0 Å². The highest BCUT2D eigenvalue weighted by molar-refractivity contribution is 6.49. The minimum Gasteiger partial charge on any atom is -0.378 e. The first-order chi connectivity index (χ1) is 12.9. The Morgan fingerprint density at radius 2 is 0.929 bits per heavy atom. The van der Waals surface area contributed by atoms with Crippen LogP contribution in [-0.4, -0.2) is 33.0 Å². The molecular formula is C24H22O4. The van der Waals surface area contributed by atoms with E-state index >= 15 is 0 Å². The summed E-state index contributed by atoms with van der Waals surface area (Å²) in [6.07, 6.45) is 0. The Hall–Kier alpha value is -3.18. The lowest BCUT2D eigenvalue weighted by Gasteiger charge is -2.06. The van der Waals surface area contributed by atoms with Gasteiger partial charge in [0.2, 0.25) is 11.6 Å². The van der Waals surface area contributed by atoms with Crippen molar-refractivity contribution >= 4 is 11.6 Å². The van der Waals surface area contributed by atoms with E-state index in [2.05, 4.69) is 23.7 Å². The molecule has 2 aromatic rings. The van der Waals surface area contributed by atoms with Crippen molar-refractivity contribution in [3.05, 3.63) is 70.8 Å². The van der Waals surface area contributed by atoms with Crippen LogP contribution in [0, 0.1) is 23.7 Å². The number of carbonyl (C=O) groups is 2. The number of hydrogen-bond donors (Lipinski definition) is 2. The molecule has 2 N–H and O–H groups in total. The molecule has 2 rings (SSSR count). The van der Waals surface area contributed by atoms with Crippen molar-refractivity contribution in [3.63, 3.8) is 0 Å². The third kappa shape index (κ3) is 6.52. The maximum atomic E-state index is 12.4. The van der Waals surface area contributed by atoms with E-state index < -0.39 is 22.8 Å². The smallest absolute Gasteiger partial charge is 0.233 e. The summed E-state index contributed by atoms with van der Waals surface area (Å²) in [6, 6.07) is 12.7. The lowest BCUT2D eigenvalue weighted by Crippen LogP contribution is -2.15. The van der Waals surface area contributed by atoms with Gasteiger partial charge in [0, 0.05) is 22.3 Å². The van der Waals surface area contributed by atoms with E-state index in [1.54, 1.807) is 52.0 Å². The molecule has 0 atom stereocenters.